The van der Waals surface area contributed by atoms with Crippen LogP contribution in [0, 0.1) is 0 Å². The fraction of sp³-hybridized carbons (Fsp3) is 0.333. The van der Waals surface area contributed by atoms with Crippen molar-refractivity contribution in [1.82, 2.24) is 20.5 Å². The van der Waals surface area contributed by atoms with Gasteiger partial charge in [-0.15, -0.1) is 0 Å². The quantitative estimate of drug-likeness (QED) is 0.859. The highest BCUT2D eigenvalue weighted by atomic mass is 35.5. The maximum atomic E-state index is 5.95. The highest BCUT2D eigenvalue weighted by molar-refractivity contribution is 6.30. The Kier molecular flexibility index (Phi) is 2.82. The maximum Gasteiger partial charge on any atom is 0.181 e. The number of aromatic nitrogens is 3. The molecule has 0 amide bonds. The molecule has 1 aromatic carbocycles. The Morgan fingerprint density at radius 3 is 3.06 bits per heavy atom. The van der Waals surface area contributed by atoms with Crippen molar-refractivity contribution in [1.29, 1.82) is 0 Å². The second kappa shape index (κ2) is 4.47. The Hall–Kier alpha value is -1.39. The number of hydrogen-bond donors (Lipinski definition) is 2. The Morgan fingerprint density at radius 1 is 1.35 bits per heavy atom. The molecule has 0 bridgehead atoms. The van der Waals surface area contributed by atoms with Crippen LogP contribution in [0.5, 0.6) is 0 Å². The van der Waals surface area contributed by atoms with Gasteiger partial charge in [0.05, 0.1) is 6.04 Å². The molecule has 1 aliphatic heterocycles. The minimum absolute atomic E-state index is 0.315. The minimum atomic E-state index is 0.315. The lowest BCUT2D eigenvalue weighted by atomic mass is 10.2. The van der Waals surface area contributed by atoms with Gasteiger partial charge in [0.2, 0.25) is 0 Å². The van der Waals surface area contributed by atoms with Gasteiger partial charge < -0.3 is 5.32 Å². The summed E-state index contributed by atoms with van der Waals surface area (Å²) in [4.78, 5) is 4.52. The van der Waals surface area contributed by atoms with E-state index in [1.165, 1.54) is 6.42 Å². The summed E-state index contributed by atoms with van der Waals surface area (Å²) in [7, 11) is 0. The summed E-state index contributed by atoms with van der Waals surface area (Å²) < 4.78 is 0. The number of halogens is 1. The van der Waals surface area contributed by atoms with Gasteiger partial charge in [-0.05, 0) is 31.5 Å². The average molecular weight is 249 g/mol. The third kappa shape index (κ3) is 2.18. The monoisotopic (exact) mass is 248 g/mol. The molecule has 0 radical (unpaired) electrons. The van der Waals surface area contributed by atoms with Gasteiger partial charge in [0.15, 0.2) is 5.82 Å². The van der Waals surface area contributed by atoms with Crippen LogP contribution in [-0.2, 0) is 0 Å². The fourth-order valence-electron chi connectivity index (χ4n) is 2.10. The predicted octanol–water partition coefficient (Wildman–Crippen LogP) is 2.55. The van der Waals surface area contributed by atoms with Crippen LogP contribution in [0.15, 0.2) is 24.3 Å². The Labute approximate surface area is 104 Å². The second-order valence-electron chi connectivity index (χ2n) is 4.20. The highest BCUT2D eigenvalue weighted by Crippen LogP contribution is 2.23. The largest absolute Gasteiger partial charge is 0.307 e. The van der Waals surface area contributed by atoms with Crippen molar-refractivity contribution in [2.75, 3.05) is 6.54 Å². The predicted molar refractivity (Wildman–Crippen MR) is 66.8 cm³/mol. The van der Waals surface area contributed by atoms with Crippen molar-refractivity contribution in [2.45, 2.75) is 18.9 Å². The molecule has 4 nitrogen and oxygen atoms in total. The topological polar surface area (TPSA) is 53.6 Å². The molecule has 0 spiro atoms. The van der Waals surface area contributed by atoms with E-state index in [-0.39, 0.29) is 0 Å². The lowest BCUT2D eigenvalue weighted by Crippen LogP contribution is -2.14. The van der Waals surface area contributed by atoms with E-state index in [9.17, 15) is 0 Å². The summed E-state index contributed by atoms with van der Waals surface area (Å²) in [6.07, 6.45) is 2.31. The van der Waals surface area contributed by atoms with Crippen LogP contribution >= 0.6 is 11.6 Å². The van der Waals surface area contributed by atoms with E-state index < -0.39 is 0 Å². The lowest BCUT2D eigenvalue weighted by molar-refractivity contribution is 0.608. The van der Waals surface area contributed by atoms with E-state index in [0.29, 0.717) is 16.9 Å². The SMILES string of the molecule is Clc1cccc(-c2n[nH]c(C3CCCN3)n2)c1. The van der Waals surface area contributed by atoms with Gasteiger partial charge in [0.25, 0.3) is 0 Å². The van der Waals surface area contributed by atoms with Crippen LogP contribution < -0.4 is 5.32 Å². The fourth-order valence-corrected chi connectivity index (χ4v) is 2.30. The van der Waals surface area contributed by atoms with Gasteiger partial charge in [0, 0.05) is 10.6 Å². The summed E-state index contributed by atoms with van der Waals surface area (Å²) in [5.41, 5.74) is 0.943. The third-order valence-corrected chi connectivity index (χ3v) is 3.21. The first-order valence-corrected chi connectivity index (χ1v) is 6.12. The van der Waals surface area contributed by atoms with Gasteiger partial charge in [-0.3, -0.25) is 5.10 Å². The van der Waals surface area contributed by atoms with Crippen LogP contribution in [0.25, 0.3) is 11.4 Å². The van der Waals surface area contributed by atoms with Crippen molar-refractivity contribution >= 4 is 11.6 Å². The minimum Gasteiger partial charge on any atom is -0.307 e. The summed E-state index contributed by atoms with van der Waals surface area (Å²) in [5, 5.41) is 11.3. The molecule has 1 aromatic heterocycles. The second-order valence-corrected chi connectivity index (χ2v) is 4.64. The van der Waals surface area contributed by atoms with E-state index in [4.69, 9.17) is 11.6 Å². The number of nitrogens with zero attached hydrogens (tertiary/aromatic N) is 2. The summed E-state index contributed by atoms with van der Waals surface area (Å²) >= 11 is 5.95. The molecule has 3 rings (SSSR count). The van der Waals surface area contributed by atoms with Crippen LogP contribution in [-0.4, -0.2) is 21.7 Å². The molecule has 1 atom stereocenters. The van der Waals surface area contributed by atoms with Gasteiger partial charge >= 0.3 is 0 Å². The molecule has 1 fully saturated rings. The van der Waals surface area contributed by atoms with Crippen LogP contribution in [0.3, 0.4) is 0 Å². The van der Waals surface area contributed by atoms with Crippen LogP contribution in [0.2, 0.25) is 5.02 Å². The zero-order valence-electron chi connectivity index (χ0n) is 9.28. The number of aromatic amines is 1. The molecule has 2 aromatic rings. The van der Waals surface area contributed by atoms with Crippen LogP contribution in [0.4, 0.5) is 0 Å². The van der Waals surface area contributed by atoms with Crippen molar-refractivity contribution < 1.29 is 0 Å². The first kappa shape index (κ1) is 10.7. The molecule has 5 heteroatoms. The number of rotatable bonds is 2. The van der Waals surface area contributed by atoms with E-state index >= 15 is 0 Å². The summed E-state index contributed by atoms with van der Waals surface area (Å²) in [6, 6.07) is 7.89. The van der Waals surface area contributed by atoms with Crippen molar-refractivity contribution in [2.24, 2.45) is 0 Å². The van der Waals surface area contributed by atoms with Gasteiger partial charge in [-0.2, -0.15) is 5.10 Å². The summed E-state index contributed by atoms with van der Waals surface area (Å²) in [6.45, 7) is 1.05. The number of nitrogens with one attached hydrogen (secondary N) is 2. The molecule has 0 aliphatic carbocycles. The third-order valence-electron chi connectivity index (χ3n) is 2.98. The number of hydrogen-bond acceptors (Lipinski definition) is 3. The van der Waals surface area contributed by atoms with Gasteiger partial charge in [-0.25, -0.2) is 4.98 Å². The normalized spacial score (nSPS) is 19.7. The standard InChI is InChI=1S/C12H13ClN4/c13-9-4-1-3-8(7-9)11-15-12(17-16-11)10-5-2-6-14-10/h1,3-4,7,10,14H,2,5-6H2,(H,15,16,17). The summed E-state index contributed by atoms with van der Waals surface area (Å²) in [5.74, 6) is 1.62. The first-order chi connectivity index (χ1) is 8.33. The molecule has 0 saturated carbocycles. The smallest absolute Gasteiger partial charge is 0.181 e. The van der Waals surface area contributed by atoms with Crippen LogP contribution in [0.1, 0.15) is 24.7 Å². The molecule has 1 saturated heterocycles. The molecular weight excluding hydrogens is 236 g/mol. The first-order valence-electron chi connectivity index (χ1n) is 5.74. The zero-order valence-corrected chi connectivity index (χ0v) is 10.0. The molecule has 2 N–H and O–H groups in total. The molecular formula is C12H13ClN4. The van der Waals surface area contributed by atoms with E-state index in [2.05, 4.69) is 20.5 Å². The van der Waals surface area contributed by atoms with Gasteiger partial charge in [0.1, 0.15) is 5.82 Å². The molecule has 2 heterocycles. The van der Waals surface area contributed by atoms with E-state index in [1.807, 2.05) is 24.3 Å². The molecule has 17 heavy (non-hydrogen) atoms. The molecule has 88 valence electrons. The number of H-pyrrole nitrogens is 1. The van der Waals surface area contributed by atoms with Gasteiger partial charge in [-0.1, -0.05) is 23.7 Å². The van der Waals surface area contributed by atoms with Crippen molar-refractivity contribution in [3.63, 3.8) is 0 Å². The van der Waals surface area contributed by atoms with Crippen molar-refractivity contribution in [3.8, 4) is 11.4 Å². The van der Waals surface area contributed by atoms with E-state index in [1.54, 1.807) is 0 Å². The van der Waals surface area contributed by atoms with E-state index in [0.717, 1.165) is 24.4 Å². The van der Waals surface area contributed by atoms with Crippen molar-refractivity contribution in [3.05, 3.63) is 35.1 Å². The molecule has 1 aliphatic rings. The zero-order chi connectivity index (χ0) is 11.7. The average Bonchev–Trinajstić information content (AvgIpc) is 3.00. The Balaban J connectivity index is 1.89. The number of benzene rings is 1. The molecule has 1 unspecified atom stereocenters. The Bertz CT molecular complexity index is 517. The Morgan fingerprint density at radius 2 is 2.29 bits per heavy atom. The highest BCUT2D eigenvalue weighted by Gasteiger charge is 2.20. The lowest BCUT2D eigenvalue weighted by Gasteiger charge is -2.03. The maximum absolute atomic E-state index is 5.95.